The van der Waals surface area contributed by atoms with Crippen LogP contribution in [0.25, 0.3) is 0 Å². The second-order valence-electron chi connectivity index (χ2n) is 4.57. The van der Waals surface area contributed by atoms with Gasteiger partial charge < -0.3 is 4.74 Å². The van der Waals surface area contributed by atoms with Gasteiger partial charge in [-0.15, -0.1) is 0 Å². The van der Waals surface area contributed by atoms with Gasteiger partial charge >= 0.3 is 5.69 Å². The Bertz CT molecular complexity index is 655. The van der Waals surface area contributed by atoms with Crippen LogP contribution in [0.4, 0.5) is 5.69 Å². The molecule has 7 heteroatoms. The monoisotopic (exact) mass is 353 g/mol. The lowest BCUT2D eigenvalue weighted by Gasteiger charge is -2.09. The van der Waals surface area contributed by atoms with Crippen molar-refractivity contribution >= 4 is 21.6 Å². The molecule has 0 saturated carbocycles. The summed E-state index contributed by atoms with van der Waals surface area (Å²) >= 11 is 3.34. The van der Waals surface area contributed by atoms with Crippen LogP contribution < -0.4 is 4.74 Å². The van der Waals surface area contributed by atoms with E-state index in [1.807, 2.05) is 24.6 Å². The van der Waals surface area contributed by atoms with Gasteiger partial charge in [-0.2, -0.15) is 5.10 Å². The highest BCUT2D eigenvalue weighted by Crippen LogP contribution is 2.29. The van der Waals surface area contributed by atoms with Crippen molar-refractivity contribution in [1.82, 2.24) is 9.78 Å². The number of benzene rings is 1. The van der Waals surface area contributed by atoms with E-state index >= 15 is 0 Å². The van der Waals surface area contributed by atoms with Crippen LogP contribution in [0.15, 0.2) is 24.3 Å². The SMILES string of the molecule is CCn1nc(C)cc1COc1cc(CBr)ccc1[N+](=O)[O-]. The van der Waals surface area contributed by atoms with Gasteiger partial charge in [0.2, 0.25) is 0 Å². The van der Waals surface area contributed by atoms with Crippen molar-refractivity contribution in [2.45, 2.75) is 32.3 Å². The zero-order chi connectivity index (χ0) is 15.4. The number of alkyl halides is 1. The van der Waals surface area contributed by atoms with E-state index in [1.54, 1.807) is 12.1 Å². The van der Waals surface area contributed by atoms with E-state index < -0.39 is 4.92 Å². The molecule has 1 aromatic carbocycles. The molecule has 0 amide bonds. The summed E-state index contributed by atoms with van der Waals surface area (Å²) in [4.78, 5) is 10.6. The Morgan fingerprint density at radius 2 is 2.19 bits per heavy atom. The van der Waals surface area contributed by atoms with Crippen LogP contribution in [0.3, 0.4) is 0 Å². The van der Waals surface area contributed by atoms with Crippen LogP contribution in [0.1, 0.15) is 23.9 Å². The molecule has 0 saturated heterocycles. The molecule has 0 radical (unpaired) electrons. The first-order valence-corrected chi connectivity index (χ1v) is 7.66. The highest BCUT2D eigenvalue weighted by atomic mass is 79.9. The standard InChI is InChI=1S/C14H16BrN3O3/c1-3-17-12(6-10(2)16-17)9-21-14-7-11(8-15)4-5-13(14)18(19)20/h4-7H,3,8-9H2,1-2H3. The van der Waals surface area contributed by atoms with Gasteiger partial charge in [-0.25, -0.2) is 0 Å². The summed E-state index contributed by atoms with van der Waals surface area (Å²) in [7, 11) is 0. The lowest BCUT2D eigenvalue weighted by atomic mass is 10.2. The maximum absolute atomic E-state index is 11.1. The van der Waals surface area contributed by atoms with Gasteiger partial charge in [0, 0.05) is 17.9 Å². The molecule has 1 aromatic heterocycles. The Morgan fingerprint density at radius 1 is 1.43 bits per heavy atom. The Kier molecular flexibility index (Phi) is 4.95. The third kappa shape index (κ3) is 3.60. The highest BCUT2D eigenvalue weighted by Gasteiger charge is 2.16. The molecule has 0 spiro atoms. The molecule has 0 aliphatic heterocycles. The van der Waals surface area contributed by atoms with Gasteiger partial charge in [-0.3, -0.25) is 14.8 Å². The largest absolute Gasteiger partial charge is 0.480 e. The second-order valence-corrected chi connectivity index (χ2v) is 5.14. The second kappa shape index (κ2) is 6.71. The average Bonchev–Trinajstić information content (AvgIpc) is 2.84. The van der Waals surface area contributed by atoms with Crippen LogP contribution in [0.2, 0.25) is 0 Å². The molecule has 2 rings (SSSR count). The molecule has 0 atom stereocenters. The van der Waals surface area contributed by atoms with E-state index in [0.717, 1.165) is 23.5 Å². The summed E-state index contributed by atoms with van der Waals surface area (Å²) < 4.78 is 7.49. The predicted octanol–water partition coefficient (Wildman–Crippen LogP) is 3.59. The Hall–Kier alpha value is -1.89. The van der Waals surface area contributed by atoms with E-state index in [-0.39, 0.29) is 18.0 Å². The molecule has 0 aliphatic carbocycles. The number of ether oxygens (including phenoxy) is 1. The Labute approximate surface area is 131 Å². The van der Waals surface area contributed by atoms with Gasteiger partial charge in [0.25, 0.3) is 0 Å². The van der Waals surface area contributed by atoms with Crippen LogP contribution in [0, 0.1) is 17.0 Å². The molecule has 0 fully saturated rings. The lowest BCUT2D eigenvalue weighted by molar-refractivity contribution is -0.386. The predicted molar refractivity (Wildman–Crippen MR) is 82.7 cm³/mol. The van der Waals surface area contributed by atoms with Crippen LogP contribution in [-0.2, 0) is 18.5 Å². The number of aromatic nitrogens is 2. The Morgan fingerprint density at radius 3 is 2.81 bits per heavy atom. The van der Waals surface area contributed by atoms with Crippen molar-refractivity contribution in [2.75, 3.05) is 0 Å². The summed E-state index contributed by atoms with van der Waals surface area (Å²) in [6.45, 7) is 4.88. The minimum atomic E-state index is -0.435. The van der Waals surface area contributed by atoms with Crippen molar-refractivity contribution in [1.29, 1.82) is 0 Å². The van der Waals surface area contributed by atoms with Crippen molar-refractivity contribution in [2.24, 2.45) is 0 Å². The number of rotatable bonds is 6. The maximum Gasteiger partial charge on any atom is 0.310 e. The lowest BCUT2D eigenvalue weighted by Crippen LogP contribution is -2.07. The van der Waals surface area contributed by atoms with Crippen molar-refractivity contribution < 1.29 is 9.66 Å². The van der Waals surface area contributed by atoms with Gasteiger partial charge in [0.05, 0.1) is 16.3 Å². The van der Waals surface area contributed by atoms with Crippen molar-refractivity contribution in [3.8, 4) is 5.75 Å². The van der Waals surface area contributed by atoms with Crippen LogP contribution >= 0.6 is 15.9 Å². The number of hydrogen-bond donors (Lipinski definition) is 0. The quantitative estimate of drug-likeness (QED) is 0.452. The van der Waals surface area contributed by atoms with E-state index in [0.29, 0.717) is 5.33 Å². The van der Waals surface area contributed by atoms with Gasteiger partial charge in [0.1, 0.15) is 6.61 Å². The molecule has 6 nitrogen and oxygen atoms in total. The number of nitrogens with zero attached hydrogens (tertiary/aromatic N) is 3. The number of hydrogen-bond acceptors (Lipinski definition) is 4. The first-order valence-electron chi connectivity index (χ1n) is 6.54. The first kappa shape index (κ1) is 15.5. The molecule has 0 N–H and O–H groups in total. The fraction of sp³-hybridized carbons (Fsp3) is 0.357. The first-order chi connectivity index (χ1) is 10.0. The fourth-order valence-corrected chi connectivity index (χ4v) is 2.40. The molecule has 2 aromatic rings. The van der Waals surface area contributed by atoms with Crippen LogP contribution in [-0.4, -0.2) is 14.7 Å². The van der Waals surface area contributed by atoms with E-state index in [2.05, 4.69) is 21.0 Å². The highest BCUT2D eigenvalue weighted by molar-refractivity contribution is 9.08. The van der Waals surface area contributed by atoms with E-state index in [1.165, 1.54) is 6.07 Å². The zero-order valence-corrected chi connectivity index (χ0v) is 13.5. The minimum Gasteiger partial charge on any atom is -0.480 e. The maximum atomic E-state index is 11.1. The molecular formula is C14H16BrN3O3. The molecule has 0 unspecified atom stereocenters. The normalized spacial score (nSPS) is 10.6. The number of nitro benzene ring substituents is 1. The third-order valence-corrected chi connectivity index (χ3v) is 3.68. The smallest absolute Gasteiger partial charge is 0.310 e. The molecule has 112 valence electrons. The molecule has 0 aliphatic rings. The average molecular weight is 354 g/mol. The van der Waals surface area contributed by atoms with Crippen molar-refractivity contribution in [3.05, 3.63) is 51.3 Å². The zero-order valence-electron chi connectivity index (χ0n) is 11.9. The topological polar surface area (TPSA) is 70.2 Å². The van der Waals surface area contributed by atoms with Crippen molar-refractivity contribution in [3.63, 3.8) is 0 Å². The summed E-state index contributed by atoms with van der Waals surface area (Å²) in [5.74, 6) is 0.276. The summed E-state index contributed by atoms with van der Waals surface area (Å²) in [6.07, 6.45) is 0. The number of nitro groups is 1. The molecule has 21 heavy (non-hydrogen) atoms. The summed E-state index contributed by atoms with van der Waals surface area (Å²) in [6, 6.07) is 6.78. The summed E-state index contributed by atoms with van der Waals surface area (Å²) in [5.41, 5.74) is 2.70. The minimum absolute atomic E-state index is 0.0287. The molecule has 1 heterocycles. The summed E-state index contributed by atoms with van der Waals surface area (Å²) in [5, 5.41) is 16.0. The van der Waals surface area contributed by atoms with E-state index in [9.17, 15) is 10.1 Å². The third-order valence-electron chi connectivity index (χ3n) is 3.04. The fourth-order valence-electron chi connectivity index (χ4n) is 2.05. The molecular weight excluding hydrogens is 338 g/mol. The van der Waals surface area contributed by atoms with Crippen LogP contribution in [0.5, 0.6) is 5.75 Å². The number of halogens is 1. The van der Waals surface area contributed by atoms with Gasteiger partial charge in [0.15, 0.2) is 5.75 Å². The Balaban J connectivity index is 2.23. The number of aryl methyl sites for hydroxylation is 2. The van der Waals surface area contributed by atoms with E-state index in [4.69, 9.17) is 4.74 Å². The van der Waals surface area contributed by atoms with Gasteiger partial charge in [-0.1, -0.05) is 22.0 Å². The molecule has 0 bridgehead atoms. The van der Waals surface area contributed by atoms with Gasteiger partial charge in [-0.05, 0) is 31.5 Å².